The van der Waals surface area contributed by atoms with Gasteiger partial charge >= 0.3 is 0 Å². The second-order valence-corrected chi connectivity index (χ2v) is 1.36. The first kappa shape index (κ1) is 10.4. The molecule has 0 saturated carbocycles. The molecule has 0 heterocycles. The molecule has 0 aromatic carbocycles. The summed E-state index contributed by atoms with van der Waals surface area (Å²) in [5.41, 5.74) is 0. The van der Waals surface area contributed by atoms with E-state index in [4.69, 9.17) is 10.2 Å². The van der Waals surface area contributed by atoms with Crippen molar-refractivity contribution in [2.45, 2.75) is 19.4 Å². The zero-order chi connectivity index (χ0) is 4.99. The van der Waals surface area contributed by atoms with E-state index >= 15 is 0 Å². The Bertz CT molecular complexity index is 30.9. The van der Waals surface area contributed by atoms with Crippen molar-refractivity contribution in [1.29, 1.82) is 0 Å². The summed E-state index contributed by atoms with van der Waals surface area (Å²) in [5, 5.41) is 16.5. The second-order valence-electron chi connectivity index (χ2n) is 1.36. The van der Waals surface area contributed by atoms with Crippen LogP contribution in [0, 0.1) is 0 Å². The smallest absolute Gasteiger partial charge is 0.0533 e. The Kier molecular flexibility index (Phi) is 9.50. The van der Waals surface area contributed by atoms with Gasteiger partial charge in [-0.05, 0) is 13.3 Å². The van der Waals surface area contributed by atoms with E-state index in [2.05, 4.69) is 0 Å². The predicted molar refractivity (Wildman–Crippen MR) is 33.7 cm³/mol. The van der Waals surface area contributed by atoms with E-state index in [1.165, 1.54) is 0 Å². The van der Waals surface area contributed by atoms with Crippen LogP contribution >= 0.6 is 17.0 Å². The number of hydrogen-bond acceptors (Lipinski definition) is 2. The van der Waals surface area contributed by atoms with Gasteiger partial charge in [-0.25, -0.2) is 0 Å². The van der Waals surface area contributed by atoms with Gasteiger partial charge in [-0.2, -0.15) is 0 Å². The van der Waals surface area contributed by atoms with Crippen molar-refractivity contribution in [2.24, 2.45) is 0 Å². The first-order valence-corrected chi connectivity index (χ1v) is 2.06. The summed E-state index contributed by atoms with van der Waals surface area (Å²) >= 11 is 0. The molecule has 0 radical (unpaired) electrons. The molecule has 7 heavy (non-hydrogen) atoms. The van der Waals surface area contributed by atoms with Crippen molar-refractivity contribution in [3.8, 4) is 0 Å². The van der Waals surface area contributed by atoms with Crippen molar-refractivity contribution in [1.82, 2.24) is 0 Å². The van der Waals surface area contributed by atoms with Crippen molar-refractivity contribution >= 4 is 17.0 Å². The van der Waals surface area contributed by atoms with Gasteiger partial charge in [-0.1, -0.05) is 0 Å². The third-order valence-corrected chi connectivity index (χ3v) is 0.547. The van der Waals surface area contributed by atoms with Gasteiger partial charge in [0.25, 0.3) is 0 Å². The lowest BCUT2D eigenvalue weighted by atomic mass is 10.3. The van der Waals surface area contributed by atoms with Crippen molar-refractivity contribution in [3.05, 3.63) is 0 Å². The van der Waals surface area contributed by atoms with E-state index in [1.54, 1.807) is 6.92 Å². The van der Waals surface area contributed by atoms with Gasteiger partial charge in [-0.3, -0.25) is 0 Å². The van der Waals surface area contributed by atoms with E-state index in [0.717, 1.165) is 0 Å². The first-order chi connectivity index (χ1) is 2.77. The summed E-state index contributed by atoms with van der Waals surface area (Å²) in [6.07, 6.45) is 0.134. The summed E-state index contributed by atoms with van der Waals surface area (Å²) in [7, 11) is 0. The maximum absolute atomic E-state index is 8.39. The van der Waals surface area contributed by atoms with Crippen LogP contribution in [0.25, 0.3) is 0 Å². The molecule has 0 fully saturated rings. The molecular formula is C4H11BrO2. The molecule has 0 rings (SSSR count). The van der Waals surface area contributed by atoms with Gasteiger partial charge in [0.15, 0.2) is 0 Å². The fourth-order valence-corrected chi connectivity index (χ4v) is 0.187. The van der Waals surface area contributed by atoms with Crippen LogP contribution in [0.4, 0.5) is 0 Å². The standard InChI is InChI=1S/C4H10O2.BrH/c1-4(6)2-3-5;/h4-6H,2-3H2,1H3;1H. The van der Waals surface area contributed by atoms with Gasteiger partial charge in [0.2, 0.25) is 0 Å². The number of hydrogen-bond donors (Lipinski definition) is 2. The van der Waals surface area contributed by atoms with Gasteiger partial charge in [0.1, 0.15) is 0 Å². The Morgan fingerprint density at radius 1 is 1.57 bits per heavy atom. The lowest BCUT2D eigenvalue weighted by Crippen LogP contribution is -2.00. The molecule has 1 atom stereocenters. The predicted octanol–water partition coefficient (Wildman–Crippen LogP) is 0.327. The van der Waals surface area contributed by atoms with Crippen LogP contribution in [0.3, 0.4) is 0 Å². The third kappa shape index (κ3) is 10.7. The van der Waals surface area contributed by atoms with Gasteiger partial charge in [0.05, 0.1) is 6.10 Å². The average molecular weight is 171 g/mol. The van der Waals surface area contributed by atoms with Gasteiger partial charge in [-0.15, -0.1) is 17.0 Å². The molecule has 3 heteroatoms. The lowest BCUT2D eigenvalue weighted by molar-refractivity contribution is 0.148. The Morgan fingerprint density at radius 2 is 2.00 bits per heavy atom. The molecule has 0 bridgehead atoms. The molecule has 2 nitrogen and oxygen atoms in total. The molecule has 0 saturated heterocycles. The SMILES string of the molecule is Br.CC(O)CCO. The molecule has 1 unspecified atom stereocenters. The number of aliphatic hydroxyl groups excluding tert-OH is 2. The number of aliphatic hydroxyl groups is 2. The zero-order valence-corrected chi connectivity index (χ0v) is 6.01. The maximum atomic E-state index is 8.39. The zero-order valence-electron chi connectivity index (χ0n) is 4.29. The quantitative estimate of drug-likeness (QED) is 0.628. The summed E-state index contributed by atoms with van der Waals surface area (Å²) in [6.45, 7) is 1.73. The fraction of sp³-hybridized carbons (Fsp3) is 1.00. The largest absolute Gasteiger partial charge is 0.396 e. The Balaban J connectivity index is 0. The van der Waals surface area contributed by atoms with Crippen LogP contribution in [0.5, 0.6) is 0 Å². The molecule has 0 aromatic heterocycles. The second kappa shape index (κ2) is 6.40. The van der Waals surface area contributed by atoms with Crippen LogP contribution in [-0.2, 0) is 0 Å². The summed E-state index contributed by atoms with van der Waals surface area (Å²) in [6, 6.07) is 0. The van der Waals surface area contributed by atoms with E-state index in [-0.39, 0.29) is 29.7 Å². The van der Waals surface area contributed by atoms with Gasteiger partial charge in [0, 0.05) is 6.61 Å². The highest BCUT2D eigenvalue weighted by Crippen LogP contribution is 1.83. The van der Waals surface area contributed by atoms with Gasteiger partial charge < -0.3 is 10.2 Å². The minimum Gasteiger partial charge on any atom is -0.396 e. The molecular weight excluding hydrogens is 160 g/mol. The normalized spacial score (nSPS) is 12.4. The summed E-state index contributed by atoms with van der Waals surface area (Å²) < 4.78 is 0. The van der Waals surface area contributed by atoms with Crippen molar-refractivity contribution < 1.29 is 10.2 Å². The first-order valence-electron chi connectivity index (χ1n) is 2.06. The molecule has 0 aliphatic heterocycles. The summed E-state index contributed by atoms with van der Waals surface area (Å²) in [5.74, 6) is 0. The topological polar surface area (TPSA) is 40.5 Å². The molecule has 46 valence electrons. The van der Waals surface area contributed by atoms with E-state index in [1.807, 2.05) is 0 Å². The molecule has 0 aromatic rings. The van der Waals surface area contributed by atoms with E-state index in [0.29, 0.717) is 6.42 Å². The molecule has 0 aliphatic carbocycles. The van der Waals surface area contributed by atoms with E-state index in [9.17, 15) is 0 Å². The monoisotopic (exact) mass is 170 g/mol. The molecule has 0 amide bonds. The fourth-order valence-electron chi connectivity index (χ4n) is 0.187. The minimum absolute atomic E-state index is 0. The van der Waals surface area contributed by atoms with Crippen LogP contribution < -0.4 is 0 Å². The Morgan fingerprint density at radius 3 is 2.00 bits per heavy atom. The summed E-state index contributed by atoms with van der Waals surface area (Å²) in [4.78, 5) is 0. The average Bonchev–Trinajstić information content (AvgIpc) is 1.35. The number of rotatable bonds is 2. The number of halogens is 1. The van der Waals surface area contributed by atoms with Crippen LogP contribution in [0.2, 0.25) is 0 Å². The highest BCUT2D eigenvalue weighted by molar-refractivity contribution is 8.93. The maximum Gasteiger partial charge on any atom is 0.0533 e. The van der Waals surface area contributed by atoms with Crippen LogP contribution in [-0.4, -0.2) is 22.9 Å². The Hall–Kier alpha value is 0.400. The highest BCUT2D eigenvalue weighted by atomic mass is 79.9. The third-order valence-electron chi connectivity index (χ3n) is 0.547. The van der Waals surface area contributed by atoms with Crippen molar-refractivity contribution in [3.63, 3.8) is 0 Å². The molecule has 2 N–H and O–H groups in total. The molecule has 0 aliphatic rings. The highest BCUT2D eigenvalue weighted by Gasteiger charge is 1.88. The minimum atomic E-state index is -0.352. The van der Waals surface area contributed by atoms with Crippen LogP contribution in [0.1, 0.15) is 13.3 Å². The van der Waals surface area contributed by atoms with E-state index < -0.39 is 0 Å². The molecule has 0 spiro atoms. The van der Waals surface area contributed by atoms with Crippen LogP contribution in [0.15, 0.2) is 0 Å². The Labute approximate surface area is 53.9 Å². The van der Waals surface area contributed by atoms with Crippen molar-refractivity contribution in [2.75, 3.05) is 6.61 Å². The lowest BCUT2D eigenvalue weighted by Gasteiger charge is -1.95.